The number of carbonyl (C=O) groups excluding carboxylic acids is 2. The lowest BCUT2D eigenvalue weighted by Crippen LogP contribution is -2.20. The number of hydrogen-bond acceptors (Lipinski definition) is 3. The van der Waals surface area contributed by atoms with Crippen molar-refractivity contribution in [2.45, 2.75) is 6.92 Å². The zero-order chi connectivity index (χ0) is 20.1. The lowest BCUT2D eigenvalue weighted by molar-refractivity contribution is -0.118. The van der Waals surface area contributed by atoms with E-state index in [1.54, 1.807) is 37.3 Å². The van der Waals surface area contributed by atoms with Crippen molar-refractivity contribution in [3.8, 4) is 16.9 Å². The molecule has 0 spiro atoms. The molecule has 0 heterocycles. The van der Waals surface area contributed by atoms with Crippen LogP contribution in [0.15, 0.2) is 66.7 Å². The Hall–Kier alpha value is -3.31. The van der Waals surface area contributed by atoms with Crippen LogP contribution in [0.3, 0.4) is 0 Å². The van der Waals surface area contributed by atoms with Gasteiger partial charge in [-0.2, -0.15) is 0 Å². The number of rotatable bonds is 6. The Morgan fingerprint density at radius 1 is 1.00 bits per heavy atom. The van der Waals surface area contributed by atoms with E-state index in [-0.39, 0.29) is 12.5 Å². The third kappa shape index (κ3) is 4.69. The van der Waals surface area contributed by atoms with Crippen molar-refractivity contribution in [2.75, 3.05) is 11.9 Å². The van der Waals surface area contributed by atoms with Gasteiger partial charge in [0.15, 0.2) is 6.61 Å². The molecule has 6 heteroatoms. The molecule has 0 saturated carbocycles. The molecular weight excluding hydrogens is 376 g/mol. The first-order valence-corrected chi connectivity index (χ1v) is 9.00. The van der Waals surface area contributed by atoms with Crippen LogP contribution >= 0.6 is 11.6 Å². The fraction of sp³-hybridized carbons (Fsp3) is 0.0909. The van der Waals surface area contributed by atoms with Crippen LogP contribution in [0.5, 0.6) is 5.75 Å². The Balaban J connectivity index is 1.62. The molecule has 0 aliphatic carbocycles. The topological polar surface area (TPSA) is 81.4 Å². The SMILES string of the molecule is Cc1cc(NC(=O)COc2ccc(-c3ccccc3)cc2Cl)ccc1C(N)=O. The molecule has 0 aliphatic heterocycles. The number of nitrogens with two attached hydrogens (primary N) is 1. The summed E-state index contributed by atoms with van der Waals surface area (Å²) in [6.07, 6.45) is 0. The maximum atomic E-state index is 12.1. The second-order valence-electron chi connectivity index (χ2n) is 6.24. The molecule has 142 valence electrons. The van der Waals surface area contributed by atoms with E-state index in [4.69, 9.17) is 22.1 Å². The van der Waals surface area contributed by atoms with Crippen molar-refractivity contribution in [2.24, 2.45) is 5.73 Å². The molecule has 0 unspecified atom stereocenters. The Labute approximate surface area is 168 Å². The summed E-state index contributed by atoms with van der Waals surface area (Å²) in [6, 6.07) is 20.1. The minimum absolute atomic E-state index is 0.193. The van der Waals surface area contributed by atoms with Gasteiger partial charge in [0, 0.05) is 11.3 Å². The Morgan fingerprint density at radius 3 is 2.39 bits per heavy atom. The van der Waals surface area contributed by atoms with Gasteiger partial charge >= 0.3 is 0 Å². The Bertz CT molecular complexity index is 1020. The summed E-state index contributed by atoms with van der Waals surface area (Å²) < 4.78 is 5.54. The van der Waals surface area contributed by atoms with E-state index in [2.05, 4.69) is 5.32 Å². The lowest BCUT2D eigenvalue weighted by atomic mass is 10.1. The van der Waals surface area contributed by atoms with Crippen molar-refractivity contribution in [1.29, 1.82) is 0 Å². The zero-order valence-electron chi connectivity index (χ0n) is 15.2. The molecule has 0 bridgehead atoms. The summed E-state index contributed by atoms with van der Waals surface area (Å²) in [7, 11) is 0. The van der Waals surface area contributed by atoms with Crippen molar-refractivity contribution in [3.63, 3.8) is 0 Å². The molecular formula is C22H19ClN2O3. The van der Waals surface area contributed by atoms with Crippen LogP contribution in [0.1, 0.15) is 15.9 Å². The molecule has 3 rings (SSSR count). The normalized spacial score (nSPS) is 10.4. The van der Waals surface area contributed by atoms with Crippen LogP contribution in [0.2, 0.25) is 5.02 Å². The number of anilines is 1. The summed E-state index contributed by atoms with van der Waals surface area (Å²) in [5.41, 5.74) is 8.95. The minimum atomic E-state index is -0.507. The number of aryl methyl sites for hydroxylation is 1. The molecule has 2 amide bonds. The average molecular weight is 395 g/mol. The third-order valence-electron chi connectivity index (χ3n) is 4.17. The monoisotopic (exact) mass is 394 g/mol. The van der Waals surface area contributed by atoms with E-state index in [0.29, 0.717) is 27.6 Å². The maximum absolute atomic E-state index is 12.1. The number of nitrogens with one attached hydrogen (secondary N) is 1. The van der Waals surface area contributed by atoms with Crippen LogP contribution in [0.4, 0.5) is 5.69 Å². The number of carbonyl (C=O) groups is 2. The molecule has 5 nitrogen and oxygen atoms in total. The smallest absolute Gasteiger partial charge is 0.262 e. The second-order valence-corrected chi connectivity index (χ2v) is 6.65. The van der Waals surface area contributed by atoms with Crippen molar-refractivity contribution in [1.82, 2.24) is 0 Å². The van der Waals surface area contributed by atoms with Crippen LogP contribution in [-0.2, 0) is 4.79 Å². The number of amides is 2. The van der Waals surface area contributed by atoms with E-state index >= 15 is 0 Å². The van der Waals surface area contributed by atoms with Gasteiger partial charge in [0.25, 0.3) is 5.91 Å². The van der Waals surface area contributed by atoms with Gasteiger partial charge in [-0.15, -0.1) is 0 Å². The second kappa shape index (κ2) is 8.59. The number of primary amides is 1. The fourth-order valence-corrected chi connectivity index (χ4v) is 3.02. The van der Waals surface area contributed by atoms with Gasteiger partial charge in [0.2, 0.25) is 5.91 Å². The van der Waals surface area contributed by atoms with Crippen molar-refractivity contribution >= 4 is 29.1 Å². The van der Waals surface area contributed by atoms with Gasteiger partial charge in [0.1, 0.15) is 5.75 Å². The highest BCUT2D eigenvalue weighted by Crippen LogP contribution is 2.30. The molecule has 3 aromatic rings. The Morgan fingerprint density at radius 2 is 1.75 bits per heavy atom. The maximum Gasteiger partial charge on any atom is 0.262 e. The highest BCUT2D eigenvalue weighted by molar-refractivity contribution is 6.32. The van der Waals surface area contributed by atoms with Crippen LogP contribution in [0, 0.1) is 6.92 Å². The predicted molar refractivity (Wildman–Crippen MR) is 111 cm³/mol. The first kappa shape index (κ1) is 19.5. The van der Waals surface area contributed by atoms with E-state index in [1.807, 2.05) is 36.4 Å². The van der Waals surface area contributed by atoms with E-state index < -0.39 is 5.91 Å². The lowest BCUT2D eigenvalue weighted by Gasteiger charge is -2.11. The predicted octanol–water partition coefficient (Wildman–Crippen LogP) is 4.43. The van der Waals surface area contributed by atoms with Crippen molar-refractivity contribution < 1.29 is 14.3 Å². The van der Waals surface area contributed by atoms with Crippen LogP contribution in [0.25, 0.3) is 11.1 Å². The number of benzene rings is 3. The summed E-state index contributed by atoms with van der Waals surface area (Å²) >= 11 is 6.29. The van der Waals surface area contributed by atoms with Gasteiger partial charge in [-0.1, -0.05) is 48.0 Å². The Kier molecular flexibility index (Phi) is 5.96. The number of ether oxygens (including phenoxy) is 1. The van der Waals surface area contributed by atoms with Gasteiger partial charge in [-0.25, -0.2) is 0 Å². The summed E-state index contributed by atoms with van der Waals surface area (Å²) in [5.74, 6) is -0.418. The molecule has 0 aliphatic rings. The average Bonchev–Trinajstić information content (AvgIpc) is 2.67. The summed E-state index contributed by atoms with van der Waals surface area (Å²) in [6.45, 7) is 1.56. The molecule has 28 heavy (non-hydrogen) atoms. The molecule has 0 atom stereocenters. The summed E-state index contributed by atoms with van der Waals surface area (Å²) in [4.78, 5) is 23.4. The molecule has 0 fully saturated rings. The first-order valence-electron chi connectivity index (χ1n) is 8.62. The van der Waals surface area contributed by atoms with Gasteiger partial charge in [0.05, 0.1) is 5.02 Å². The van der Waals surface area contributed by atoms with Gasteiger partial charge in [-0.3, -0.25) is 9.59 Å². The minimum Gasteiger partial charge on any atom is -0.482 e. The molecule has 3 N–H and O–H groups in total. The number of hydrogen-bond donors (Lipinski definition) is 2. The standard InChI is InChI=1S/C22H19ClN2O3/c1-14-11-17(8-9-18(14)22(24)27)25-21(26)13-28-20-10-7-16(12-19(20)23)15-5-3-2-4-6-15/h2-12H,13H2,1H3,(H2,24,27)(H,25,26). The first-order chi connectivity index (χ1) is 13.4. The van der Waals surface area contributed by atoms with Crippen LogP contribution < -0.4 is 15.8 Å². The fourth-order valence-electron chi connectivity index (χ4n) is 2.79. The largest absolute Gasteiger partial charge is 0.482 e. The van der Waals surface area contributed by atoms with Crippen LogP contribution in [-0.4, -0.2) is 18.4 Å². The number of halogens is 1. The highest BCUT2D eigenvalue weighted by Gasteiger charge is 2.10. The quantitative estimate of drug-likeness (QED) is 0.648. The molecule has 0 saturated heterocycles. The molecule has 3 aromatic carbocycles. The van der Waals surface area contributed by atoms with E-state index in [9.17, 15) is 9.59 Å². The third-order valence-corrected chi connectivity index (χ3v) is 4.47. The van der Waals surface area contributed by atoms with Crippen molar-refractivity contribution in [3.05, 3.63) is 82.9 Å². The molecule has 0 aromatic heterocycles. The molecule has 0 radical (unpaired) electrons. The summed E-state index contributed by atoms with van der Waals surface area (Å²) in [5, 5.41) is 3.14. The zero-order valence-corrected chi connectivity index (χ0v) is 16.0. The van der Waals surface area contributed by atoms with E-state index in [1.165, 1.54) is 0 Å². The highest BCUT2D eigenvalue weighted by atomic mass is 35.5. The van der Waals surface area contributed by atoms with Gasteiger partial charge in [-0.05, 0) is 53.9 Å². The van der Waals surface area contributed by atoms with E-state index in [0.717, 1.165) is 11.1 Å². The van der Waals surface area contributed by atoms with Gasteiger partial charge < -0.3 is 15.8 Å².